The number of hydrogen-bond donors (Lipinski definition) is 1. The number of para-hydroxylation sites is 1. The average Bonchev–Trinajstić information content (AvgIpc) is 2.75. The Labute approximate surface area is 173 Å². The third kappa shape index (κ3) is 5.47. The van der Waals surface area contributed by atoms with Gasteiger partial charge in [0.2, 0.25) is 5.75 Å². The number of rotatable bonds is 9. The van der Waals surface area contributed by atoms with E-state index in [4.69, 9.17) is 23.9 Å². The van der Waals surface area contributed by atoms with Crippen LogP contribution in [0.25, 0.3) is 0 Å². The van der Waals surface area contributed by atoms with Crippen molar-refractivity contribution in [3.05, 3.63) is 47.5 Å². The summed E-state index contributed by atoms with van der Waals surface area (Å²) in [7, 11) is 8.49. The number of benzene rings is 2. The second-order valence-electron chi connectivity index (χ2n) is 6.33. The molecule has 158 valence electrons. The van der Waals surface area contributed by atoms with Gasteiger partial charge in [0.05, 0.1) is 35.0 Å². The molecule has 0 aliphatic rings. The Bertz CT molecular complexity index is 824. The van der Waals surface area contributed by atoms with Gasteiger partial charge in [-0.3, -0.25) is 0 Å². The molecule has 0 heterocycles. The molecule has 0 bridgehead atoms. The van der Waals surface area contributed by atoms with Crippen LogP contribution in [-0.4, -0.2) is 52.9 Å². The van der Waals surface area contributed by atoms with E-state index in [0.717, 1.165) is 29.4 Å². The number of ether oxygens (including phenoxy) is 4. The maximum Gasteiger partial charge on any atom is 0.203 e. The summed E-state index contributed by atoms with van der Waals surface area (Å²) in [6, 6.07) is 11.8. The lowest BCUT2D eigenvalue weighted by Crippen LogP contribution is -2.38. The number of methoxy groups -OCH3 is 4. The normalized spacial score (nSPS) is 11.0. The van der Waals surface area contributed by atoms with E-state index < -0.39 is 0 Å². The van der Waals surface area contributed by atoms with Crippen LogP contribution in [0.5, 0.6) is 23.0 Å². The molecule has 2 aromatic carbocycles. The highest BCUT2D eigenvalue weighted by Crippen LogP contribution is 2.40. The predicted octanol–water partition coefficient (Wildman–Crippen LogP) is 3.32. The van der Waals surface area contributed by atoms with E-state index in [2.05, 4.69) is 16.3 Å². The van der Waals surface area contributed by atoms with Gasteiger partial charge in [-0.15, -0.1) is 0 Å². The largest absolute Gasteiger partial charge is 0.496 e. The minimum absolute atomic E-state index is 0.433. The monoisotopic (exact) mass is 401 g/mol. The van der Waals surface area contributed by atoms with Crippen molar-refractivity contribution in [1.82, 2.24) is 10.2 Å². The summed E-state index contributed by atoms with van der Waals surface area (Å²) in [5, 5.41) is 3.34. The molecular weight excluding hydrogens is 370 g/mol. The first-order valence-electron chi connectivity index (χ1n) is 9.48. The molecule has 0 aromatic heterocycles. The lowest BCUT2D eigenvalue weighted by molar-refractivity contribution is 0.322. The summed E-state index contributed by atoms with van der Waals surface area (Å²) in [5.74, 6) is 3.46. The first kappa shape index (κ1) is 22.2. The Morgan fingerprint density at radius 1 is 0.862 bits per heavy atom. The molecule has 2 rings (SSSR count). The van der Waals surface area contributed by atoms with Gasteiger partial charge >= 0.3 is 0 Å². The first-order valence-corrected chi connectivity index (χ1v) is 9.48. The van der Waals surface area contributed by atoms with Gasteiger partial charge in [-0.25, -0.2) is 4.99 Å². The first-order chi connectivity index (χ1) is 14.1. The molecule has 0 unspecified atom stereocenters. The average molecular weight is 402 g/mol. The summed E-state index contributed by atoms with van der Waals surface area (Å²) in [6.45, 7) is 3.91. The lowest BCUT2D eigenvalue weighted by atomic mass is 10.1. The van der Waals surface area contributed by atoms with Gasteiger partial charge in [0.25, 0.3) is 0 Å². The molecule has 2 aromatic rings. The Hall–Kier alpha value is -3.09. The van der Waals surface area contributed by atoms with Gasteiger partial charge in [0.15, 0.2) is 17.5 Å². The molecule has 0 atom stereocenters. The standard InChI is InChI=1S/C22H31N3O4/c1-7-23-22(25(2)15-17-10-8-9-11-18(17)26-3)24-14-16-12-13-19(27-4)21(29-6)20(16)28-5/h8-13H,7,14-15H2,1-6H3,(H,23,24). The van der Waals surface area contributed by atoms with Crippen LogP contribution in [0, 0.1) is 0 Å². The highest BCUT2D eigenvalue weighted by molar-refractivity contribution is 5.79. The Kier molecular flexibility index (Phi) is 8.45. The van der Waals surface area contributed by atoms with E-state index in [-0.39, 0.29) is 0 Å². The molecule has 7 nitrogen and oxygen atoms in total. The van der Waals surface area contributed by atoms with Crippen LogP contribution < -0.4 is 24.3 Å². The molecular formula is C22H31N3O4. The number of guanidine groups is 1. The van der Waals surface area contributed by atoms with Crippen LogP contribution in [0.4, 0.5) is 0 Å². The van der Waals surface area contributed by atoms with E-state index >= 15 is 0 Å². The van der Waals surface area contributed by atoms with Crippen LogP contribution in [0.1, 0.15) is 18.1 Å². The molecule has 7 heteroatoms. The number of nitrogens with zero attached hydrogens (tertiary/aromatic N) is 2. The predicted molar refractivity (Wildman–Crippen MR) is 115 cm³/mol. The van der Waals surface area contributed by atoms with Crippen molar-refractivity contribution in [3.63, 3.8) is 0 Å². The maximum atomic E-state index is 5.56. The van der Waals surface area contributed by atoms with Crippen molar-refractivity contribution in [2.75, 3.05) is 42.0 Å². The van der Waals surface area contributed by atoms with Crippen molar-refractivity contribution in [2.24, 2.45) is 4.99 Å². The van der Waals surface area contributed by atoms with Gasteiger partial charge in [-0.2, -0.15) is 0 Å². The molecule has 0 saturated carbocycles. The molecule has 0 amide bonds. The van der Waals surface area contributed by atoms with Gasteiger partial charge in [0.1, 0.15) is 5.75 Å². The number of hydrogen-bond acceptors (Lipinski definition) is 5. The second-order valence-corrected chi connectivity index (χ2v) is 6.33. The summed E-state index contributed by atoms with van der Waals surface area (Å²) < 4.78 is 21.8. The van der Waals surface area contributed by atoms with Crippen molar-refractivity contribution >= 4 is 5.96 Å². The zero-order valence-electron chi connectivity index (χ0n) is 18.1. The van der Waals surface area contributed by atoms with Gasteiger partial charge < -0.3 is 29.2 Å². The molecule has 0 saturated heterocycles. The Balaban J connectivity index is 2.27. The van der Waals surface area contributed by atoms with Crippen molar-refractivity contribution < 1.29 is 18.9 Å². The topological polar surface area (TPSA) is 64.6 Å². The fraction of sp³-hybridized carbons (Fsp3) is 0.409. The van der Waals surface area contributed by atoms with Crippen molar-refractivity contribution in [3.8, 4) is 23.0 Å². The summed E-state index contributed by atoms with van der Waals surface area (Å²) in [4.78, 5) is 6.85. The minimum Gasteiger partial charge on any atom is -0.496 e. The van der Waals surface area contributed by atoms with E-state index in [9.17, 15) is 0 Å². The summed E-state index contributed by atoms with van der Waals surface area (Å²) in [6.07, 6.45) is 0. The summed E-state index contributed by atoms with van der Waals surface area (Å²) >= 11 is 0. The highest BCUT2D eigenvalue weighted by atomic mass is 16.5. The smallest absolute Gasteiger partial charge is 0.203 e. The van der Waals surface area contributed by atoms with Gasteiger partial charge in [0, 0.05) is 31.3 Å². The Morgan fingerprint density at radius 3 is 2.17 bits per heavy atom. The highest BCUT2D eigenvalue weighted by Gasteiger charge is 2.16. The number of aliphatic imine (C=N–C) groups is 1. The zero-order valence-corrected chi connectivity index (χ0v) is 18.1. The summed E-state index contributed by atoms with van der Waals surface area (Å²) in [5.41, 5.74) is 2.00. The molecule has 0 fully saturated rings. The SMILES string of the molecule is CCNC(=NCc1ccc(OC)c(OC)c1OC)N(C)Cc1ccccc1OC. The molecule has 29 heavy (non-hydrogen) atoms. The Morgan fingerprint density at radius 2 is 1.55 bits per heavy atom. The third-order valence-corrected chi connectivity index (χ3v) is 4.48. The van der Waals surface area contributed by atoms with Gasteiger partial charge in [-0.1, -0.05) is 18.2 Å². The molecule has 1 N–H and O–H groups in total. The van der Waals surface area contributed by atoms with Crippen LogP contribution >= 0.6 is 0 Å². The van der Waals surface area contributed by atoms with E-state index in [1.165, 1.54) is 0 Å². The van der Waals surface area contributed by atoms with E-state index in [0.29, 0.717) is 30.3 Å². The quantitative estimate of drug-likeness (QED) is 0.514. The minimum atomic E-state index is 0.433. The second kappa shape index (κ2) is 11.0. The lowest BCUT2D eigenvalue weighted by Gasteiger charge is -2.23. The van der Waals surface area contributed by atoms with E-state index in [1.807, 2.05) is 44.3 Å². The molecule has 0 radical (unpaired) electrons. The van der Waals surface area contributed by atoms with Crippen molar-refractivity contribution in [1.29, 1.82) is 0 Å². The van der Waals surface area contributed by atoms with Crippen molar-refractivity contribution in [2.45, 2.75) is 20.0 Å². The zero-order chi connectivity index (χ0) is 21.2. The van der Waals surface area contributed by atoms with Gasteiger partial charge in [-0.05, 0) is 25.1 Å². The van der Waals surface area contributed by atoms with Crippen LogP contribution in [0.2, 0.25) is 0 Å². The maximum absolute atomic E-state index is 5.56. The molecule has 0 aliphatic heterocycles. The molecule has 0 spiro atoms. The van der Waals surface area contributed by atoms with Crippen LogP contribution in [0.15, 0.2) is 41.4 Å². The van der Waals surface area contributed by atoms with E-state index in [1.54, 1.807) is 28.4 Å². The fourth-order valence-corrected chi connectivity index (χ4v) is 3.08. The van der Waals surface area contributed by atoms with Crippen LogP contribution in [0.3, 0.4) is 0 Å². The third-order valence-electron chi connectivity index (χ3n) is 4.48. The fourth-order valence-electron chi connectivity index (χ4n) is 3.08. The number of nitrogens with one attached hydrogen (secondary N) is 1. The molecule has 0 aliphatic carbocycles. The van der Waals surface area contributed by atoms with Crippen LogP contribution in [-0.2, 0) is 13.1 Å².